The minimum atomic E-state index is -1.18. The van der Waals surface area contributed by atoms with E-state index in [2.05, 4.69) is 19.9 Å². The number of carbonyl (C=O) groups is 1. The second-order valence-corrected chi connectivity index (χ2v) is 10.7. The summed E-state index contributed by atoms with van der Waals surface area (Å²) >= 11 is 1.42. The molecule has 3 aromatic heterocycles. The van der Waals surface area contributed by atoms with Crippen LogP contribution in [0.15, 0.2) is 36.8 Å². The van der Waals surface area contributed by atoms with E-state index >= 15 is 4.39 Å². The Labute approximate surface area is 226 Å². The molecule has 1 aliphatic heterocycles. The summed E-state index contributed by atoms with van der Waals surface area (Å²) in [5, 5.41) is 10.6. The maximum absolute atomic E-state index is 15.3. The zero-order valence-corrected chi connectivity index (χ0v) is 22.3. The number of carboxylic acid groups (broad SMARTS) is 1. The average Bonchev–Trinajstić information content (AvgIpc) is 3.48. The second kappa shape index (κ2) is 9.09. The van der Waals surface area contributed by atoms with Crippen LogP contribution in [-0.4, -0.2) is 55.4 Å². The Morgan fingerprint density at radius 2 is 1.92 bits per heavy atom. The molecule has 5 aromatic rings. The van der Waals surface area contributed by atoms with Crippen molar-refractivity contribution in [3.63, 3.8) is 0 Å². The maximum atomic E-state index is 15.3. The molecule has 2 aromatic carbocycles. The average molecular weight is 547 g/mol. The van der Waals surface area contributed by atoms with E-state index < -0.39 is 17.5 Å². The predicted molar refractivity (Wildman–Crippen MR) is 144 cm³/mol. The van der Waals surface area contributed by atoms with Crippen molar-refractivity contribution in [3.8, 4) is 22.2 Å². The first-order valence-electron chi connectivity index (χ1n) is 12.1. The molecule has 0 saturated heterocycles. The largest absolute Gasteiger partial charge is 0.482 e. The number of halogens is 1. The molecule has 12 heteroatoms. The van der Waals surface area contributed by atoms with Crippen LogP contribution in [0, 0.1) is 19.7 Å². The maximum Gasteiger partial charge on any atom is 0.412 e. The van der Waals surface area contributed by atoms with Crippen LogP contribution in [0.3, 0.4) is 0 Å². The van der Waals surface area contributed by atoms with Crippen molar-refractivity contribution in [1.82, 2.24) is 24.9 Å². The highest BCUT2D eigenvalue weighted by atomic mass is 32.1. The van der Waals surface area contributed by atoms with Gasteiger partial charge in [0.2, 0.25) is 5.88 Å². The number of ether oxygens (including phenoxy) is 2. The van der Waals surface area contributed by atoms with E-state index in [1.807, 2.05) is 19.1 Å². The number of rotatable bonds is 5. The van der Waals surface area contributed by atoms with Crippen molar-refractivity contribution in [2.24, 2.45) is 0 Å². The van der Waals surface area contributed by atoms with Crippen LogP contribution < -0.4 is 14.4 Å². The zero-order valence-electron chi connectivity index (χ0n) is 21.5. The number of hydrogen-bond donors (Lipinski definition) is 1. The van der Waals surface area contributed by atoms with Crippen LogP contribution in [0.5, 0.6) is 11.6 Å². The topological polar surface area (TPSA) is 123 Å². The Kier molecular flexibility index (Phi) is 5.79. The lowest BCUT2D eigenvalue weighted by atomic mass is 9.98. The molecule has 6 rings (SSSR count). The third kappa shape index (κ3) is 4.36. The summed E-state index contributed by atoms with van der Waals surface area (Å²) in [5.74, 6) is 0.505. The van der Waals surface area contributed by atoms with Gasteiger partial charge in [0.25, 0.3) is 0 Å². The van der Waals surface area contributed by atoms with Gasteiger partial charge in [-0.15, -0.1) is 11.3 Å². The van der Waals surface area contributed by atoms with Gasteiger partial charge in [0, 0.05) is 23.6 Å². The Bertz CT molecular complexity index is 1780. The summed E-state index contributed by atoms with van der Waals surface area (Å²) in [6.07, 6.45) is 3.55. The van der Waals surface area contributed by atoms with Crippen LogP contribution in [0.2, 0.25) is 0 Å². The molecule has 1 atom stereocenters. The highest BCUT2D eigenvalue weighted by Crippen LogP contribution is 2.46. The minimum Gasteiger partial charge on any atom is -0.482 e. The first kappa shape index (κ1) is 24.9. The SMILES string of the molecule is COc1cnc2c(-c3nc4cc(F)c5c(c4s3)CC(C)(CN(C(=O)O)c3cnc(C)nc3)O5)cc(C)cc2n1. The third-order valence-electron chi connectivity index (χ3n) is 6.59. The molecule has 0 fully saturated rings. The highest BCUT2D eigenvalue weighted by molar-refractivity contribution is 7.22. The van der Waals surface area contributed by atoms with Gasteiger partial charge < -0.3 is 14.6 Å². The van der Waals surface area contributed by atoms with E-state index in [-0.39, 0.29) is 12.3 Å². The molecule has 1 amide bonds. The molecule has 4 heterocycles. The summed E-state index contributed by atoms with van der Waals surface area (Å²) in [7, 11) is 1.54. The Hall–Kier alpha value is -4.45. The van der Waals surface area contributed by atoms with Crippen LogP contribution in [0.25, 0.3) is 31.8 Å². The minimum absolute atomic E-state index is 0.0457. The van der Waals surface area contributed by atoms with Gasteiger partial charge in [-0.05, 0) is 38.5 Å². The molecular formula is C27H23FN6O4S. The van der Waals surface area contributed by atoms with E-state index in [1.54, 1.807) is 20.0 Å². The van der Waals surface area contributed by atoms with E-state index in [9.17, 15) is 9.90 Å². The second-order valence-electron chi connectivity index (χ2n) is 9.71. The van der Waals surface area contributed by atoms with Gasteiger partial charge >= 0.3 is 6.09 Å². The van der Waals surface area contributed by atoms with Crippen LogP contribution in [0.4, 0.5) is 14.9 Å². The Balaban J connectivity index is 1.40. The normalized spacial score (nSPS) is 16.3. The fraction of sp³-hybridized carbons (Fsp3) is 0.259. The molecule has 0 bridgehead atoms. The number of aryl methyl sites for hydroxylation is 2. The zero-order chi connectivity index (χ0) is 27.5. The van der Waals surface area contributed by atoms with E-state index in [0.29, 0.717) is 50.9 Å². The first-order valence-corrected chi connectivity index (χ1v) is 12.9. The predicted octanol–water partition coefficient (Wildman–Crippen LogP) is 5.34. The van der Waals surface area contributed by atoms with Gasteiger partial charge in [0.1, 0.15) is 16.4 Å². The molecule has 0 spiro atoms. The van der Waals surface area contributed by atoms with E-state index in [4.69, 9.17) is 14.5 Å². The van der Waals surface area contributed by atoms with Crippen molar-refractivity contribution in [2.75, 3.05) is 18.6 Å². The molecular weight excluding hydrogens is 523 g/mol. The summed E-state index contributed by atoms with van der Waals surface area (Å²) in [6, 6.07) is 5.26. The first-order chi connectivity index (χ1) is 18.6. The third-order valence-corrected chi connectivity index (χ3v) is 7.76. The van der Waals surface area contributed by atoms with Crippen molar-refractivity contribution >= 4 is 44.4 Å². The van der Waals surface area contributed by atoms with Gasteiger partial charge in [0.15, 0.2) is 11.6 Å². The molecule has 1 N–H and O–H groups in total. The standard InChI is InChI=1S/C27H23FN6O4S/c1-13-5-16(22-19(6-13)32-21(37-4)11-31-22)25-33-20-7-18(28)23-17(24(20)39-25)8-27(3,38-23)12-34(26(35)36)15-9-29-14(2)30-10-15/h5-7,9-11H,8,12H2,1-4H3,(H,35,36). The summed E-state index contributed by atoms with van der Waals surface area (Å²) in [5.41, 5.74) is 3.53. The lowest BCUT2D eigenvalue weighted by molar-refractivity contribution is 0.115. The highest BCUT2D eigenvalue weighted by Gasteiger charge is 2.41. The molecule has 39 heavy (non-hydrogen) atoms. The van der Waals surface area contributed by atoms with Gasteiger partial charge in [-0.2, -0.15) is 0 Å². The number of hydrogen-bond acceptors (Lipinski definition) is 9. The number of thiazole rings is 1. The van der Waals surface area contributed by atoms with Gasteiger partial charge in [-0.25, -0.2) is 34.1 Å². The molecule has 0 radical (unpaired) electrons. The van der Waals surface area contributed by atoms with Gasteiger partial charge in [-0.1, -0.05) is 0 Å². The van der Waals surface area contributed by atoms with Crippen molar-refractivity contribution in [3.05, 3.63) is 59.6 Å². The molecule has 1 unspecified atom stereocenters. The molecule has 0 aliphatic carbocycles. The molecule has 0 saturated carbocycles. The van der Waals surface area contributed by atoms with Crippen LogP contribution in [-0.2, 0) is 6.42 Å². The van der Waals surface area contributed by atoms with E-state index in [0.717, 1.165) is 20.7 Å². The smallest absolute Gasteiger partial charge is 0.412 e. The molecule has 1 aliphatic rings. The van der Waals surface area contributed by atoms with Gasteiger partial charge in [-0.3, -0.25) is 4.90 Å². The summed E-state index contributed by atoms with van der Waals surface area (Å²) < 4.78 is 27.4. The van der Waals surface area contributed by atoms with Crippen molar-refractivity contribution in [2.45, 2.75) is 32.8 Å². The summed E-state index contributed by atoms with van der Waals surface area (Å²) in [6.45, 7) is 5.40. The van der Waals surface area contributed by atoms with Crippen LogP contribution in [0.1, 0.15) is 23.9 Å². The van der Waals surface area contributed by atoms with Crippen LogP contribution >= 0.6 is 11.3 Å². The lowest BCUT2D eigenvalue weighted by Crippen LogP contribution is -2.46. The summed E-state index contributed by atoms with van der Waals surface area (Å²) in [4.78, 5) is 35.2. The Morgan fingerprint density at radius 3 is 2.64 bits per heavy atom. The number of nitrogens with zero attached hydrogens (tertiary/aromatic N) is 6. The number of fused-ring (bicyclic) bond motifs is 4. The van der Waals surface area contributed by atoms with Crippen molar-refractivity contribution < 1.29 is 23.8 Å². The number of aromatic nitrogens is 5. The fourth-order valence-electron chi connectivity index (χ4n) is 4.85. The Morgan fingerprint density at radius 1 is 1.15 bits per heavy atom. The monoisotopic (exact) mass is 546 g/mol. The molecule has 198 valence electrons. The number of amides is 1. The van der Waals surface area contributed by atoms with Gasteiger partial charge in [0.05, 0.1) is 59.2 Å². The fourth-order valence-corrected chi connectivity index (χ4v) is 5.95. The van der Waals surface area contributed by atoms with Crippen molar-refractivity contribution in [1.29, 1.82) is 0 Å². The number of methoxy groups -OCH3 is 1. The molecule has 10 nitrogen and oxygen atoms in total. The lowest BCUT2D eigenvalue weighted by Gasteiger charge is -2.30. The number of anilines is 1. The van der Waals surface area contributed by atoms with E-state index in [1.165, 1.54) is 36.9 Å². The number of benzene rings is 2. The quantitative estimate of drug-likeness (QED) is 0.311.